The number of ether oxygens (including phenoxy) is 1. The van der Waals surface area contributed by atoms with Gasteiger partial charge < -0.3 is 4.74 Å². The van der Waals surface area contributed by atoms with Crippen LogP contribution in [0.5, 0.6) is 0 Å². The molecule has 1 N–H and O–H groups in total. The van der Waals surface area contributed by atoms with E-state index in [1.807, 2.05) is 0 Å². The van der Waals surface area contributed by atoms with Crippen molar-refractivity contribution in [2.45, 2.75) is 6.92 Å². The molecule has 0 unspecified atom stereocenters. The summed E-state index contributed by atoms with van der Waals surface area (Å²) in [6.07, 6.45) is -0.492. The van der Waals surface area contributed by atoms with E-state index in [1.165, 1.54) is 0 Å². The van der Waals surface area contributed by atoms with Gasteiger partial charge in [-0.2, -0.15) is 0 Å². The van der Waals surface area contributed by atoms with E-state index in [0.29, 0.717) is 23.3 Å². The van der Waals surface area contributed by atoms with Crippen molar-refractivity contribution in [2.24, 2.45) is 0 Å². The summed E-state index contributed by atoms with van der Waals surface area (Å²) in [5.41, 5.74) is 1.82. The van der Waals surface area contributed by atoms with Crippen molar-refractivity contribution < 1.29 is 14.2 Å². The Morgan fingerprint density at radius 3 is 3.07 bits per heavy atom. The molecule has 0 bridgehead atoms. The first kappa shape index (κ1) is 9.45. The summed E-state index contributed by atoms with van der Waals surface area (Å²) in [7, 11) is 0. The number of aromatic nitrogens is 2. The van der Waals surface area contributed by atoms with Crippen LogP contribution in [0.3, 0.4) is 0 Å². The fourth-order valence-electron chi connectivity index (χ4n) is 1.14. The third-order valence-electron chi connectivity index (χ3n) is 1.78. The minimum absolute atomic E-state index is 0.333. The lowest BCUT2D eigenvalue weighted by Gasteiger charge is -2.03. The van der Waals surface area contributed by atoms with Gasteiger partial charge in [0.25, 0.3) is 0 Å². The van der Waals surface area contributed by atoms with Gasteiger partial charge in [-0.15, -0.1) is 0 Å². The van der Waals surface area contributed by atoms with Gasteiger partial charge in [0, 0.05) is 5.69 Å². The van der Waals surface area contributed by atoms with Gasteiger partial charge in [0.1, 0.15) is 11.0 Å². The van der Waals surface area contributed by atoms with E-state index in [9.17, 15) is 4.79 Å². The summed E-state index contributed by atoms with van der Waals surface area (Å²) >= 11 is 0. The SMILES string of the molecule is CCOC(=O)Nc1ccc2nonc2c1. The largest absolute Gasteiger partial charge is 0.450 e. The third kappa shape index (κ3) is 2.04. The predicted octanol–water partition coefficient (Wildman–Crippen LogP) is 1.79. The van der Waals surface area contributed by atoms with E-state index in [4.69, 9.17) is 4.74 Å². The van der Waals surface area contributed by atoms with Crippen LogP contribution in [0.2, 0.25) is 0 Å². The molecule has 0 radical (unpaired) electrons. The Labute approximate surface area is 85.2 Å². The van der Waals surface area contributed by atoms with Crippen LogP contribution < -0.4 is 5.32 Å². The van der Waals surface area contributed by atoms with Crippen LogP contribution in [-0.4, -0.2) is 23.0 Å². The summed E-state index contributed by atoms with van der Waals surface area (Å²) in [6.45, 7) is 2.07. The maximum atomic E-state index is 11.1. The zero-order valence-electron chi connectivity index (χ0n) is 8.06. The summed E-state index contributed by atoms with van der Waals surface area (Å²) in [5, 5.41) is 9.85. The molecule has 1 amide bonds. The molecule has 0 saturated heterocycles. The zero-order chi connectivity index (χ0) is 10.7. The number of amides is 1. The van der Waals surface area contributed by atoms with E-state index < -0.39 is 6.09 Å². The first-order chi connectivity index (χ1) is 7.29. The van der Waals surface area contributed by atoms with E-state index in [1.54, 1.807) is 25.1 Å². The molecule has 0 fully saturated rings. The van der Waals surface area contributed by atoms with Gasteiger partial charge in [0.05, 0.1) is 6.61 Å². The number of benzene rings is 1. The molecule has 2 rings (SSSR count). The monoisotopic (exact) mass is 207 g/mol. The molecule has 6 nitrogen and oxygen atoms in total. The summed E-state index contributed by atoms with van der Waals surface area (Å²) < 4.78 is 9.26. The molecular weight excluding hydrogens is 198 g/mol. The van der Waals surface area contributed by atoms with Crippen LogP contribution in [-0.2, 0) is 4.74 Å². The number of anilines is 1. The Balaban J connectivity index is 2.17. The van der Waals surface area contributed by atoms with Crippen molar-refractivity contribution in [3.05, 3.63) is 18.2 Å². The number of nitrogens with zero attached hydrogens (tertiary/aromatic N) is 2. The number of nitrogens with one attached hydrogen (secondary N) is 1. The molecule has 2 aromatic rings. The second-order valence-electron chi connectivity index (χ2n) is 2.81. The smallest absolute Gasteiger partial charge is 0.411 e. The fourth-order valence-corrected chi connectivity index (χ4v) is 1.14. The van der Waals surface area contributed by atoms with Crippen LogP contribution in [0.15, 0.2) is 22.8 Å². The van der Waals surface area contributed by atoms with Gasteiger partial charge in [-0.3, -0.25) is 5.32 Å². The van der Waals surface area contributed by atoms with Crippen LogP contribution in [0.4, 0.5) is 10.5 Å². The summed E-state index contributed by atoms with van der Waals surface area (Å²) in [4.78, 5) is 11.1. The number of carbonyl (C=O) groups is 1. The molecule has 0 saturated carbocycles. The molecule has 1 aromatic carbocycles. The molecule has 6 heteroatoms. The Morgan fingerprint density at radius 1 is 1.47 bits per heavy atom. The van der Waals surface area contributed by atoms with Crippen molar-refractivity contribution in [3.8, 4) is 0 Å². The maximum Gasteiger partial charge on any atom is 0.411 e. The summed E-state index contributed by atoms with van der Waals surface area (Å²) in [5.74, 6) is 0. The molecule has 0 aliphatic rings. The quantitative estimate of drug-likeness (QED) is 0.812. The molecule has 0 aliphatic carbocycles. The third-order valence-corrected chi connectivity index (χ3v) is 1.78. The van der Waals surface area contributed by atoms with Crippen LogP contribution in [0.1, 0.15) is 6.92 Å². The van der Waals surface area contributed by atoms with Crippen LogP contribution in [0, 0.1) is 0 Å². The van der Waals surface area contributed by atoms with E-state index in [0.717, 1.165) is 0 Å². The number of carbonyl (C=O) groups excluding carboxylic acids is 1. The van der Waals surface area contributed by atoms with Gasteiger partial charge in [0.2, 0.25) is 0 Å². The van der Waals surface area contributed by atoms with Gasteiger partial charge in [0.15, 0.2) is 0 Å². The van der Waals surface area contributed by atoms with E-state index in [2.05, 4.69) is 20.3 Å². The Hall–Kier alpha value is -2.11. The van der Waals surface area contributed by atoms with E-state index >= 15 is 0 Å². The van der Waals surface area contributed by atoms with Crippen molar-refractivity contribution >= 4 is 22.8 Å². The van der Waals surface area contributed by atoms with Crippen molar-refractivity contribution in [3.63, 3.8) is 0 Å². The molecule has 1 aromatic heterocycles. The molecule has 0 spiro atoms. The predicted molar refractivity (Wildman–Crippen MR) is 52.4 cm³/mol. The Bertz CT molecular complexity index is 480. The van der Waals surface area contributed by atoms with E-state index in [-0.39, 0.29) is 0 Å². The topological polar surface area (TPSA) is 77.2 Å². The molecule has 0 aliphatic heterocycles. The van der Waals surface area contributed by atoms with Gasteiger partial charge in [-0.25, -0.2) is 9.42 Å². The average Bonchev–Trinajstić information content (AvgIpc) is 2.65. The highest BCUT2D eigenvalue weighted by molar-refractivity contribution is 5.88. The minimum Gasteiger partial charge on any atom is -0.450 e. The standard InChI is InChI=1S/C9H9N3O3/c1-2-14-9(13)10-6-3-4-7-8(5-6)12-15-11-7/h3-5H,2H2,1H3,(H,10,13). The lowest BCUT2D eigenvalue weighted by Crippen LogP contribution is -2.13. The van der Waals surface area contributed by atoms with Gasteiger partial charge >= 0.3 is 6.09 Å². The Morgan fingerprint density at radius 2 is 2.27 bits per heavy atom. The summed E-state index contributed by atoms with van der Waals surface area (Å²) in [6, 6.07) is 5.06. The highest BCUT2D eigenvalue weighted by Gasteiger charge is 2.04. The van der Waals surface area contributed by atoms with Crippen LogP contribution in [0.25, 0.3) is 11.0 Å². The number of fused-ring (bicyclic) bond motifs is 1. The lowest BCUT2D eigenvalue weighted by molar-refractivity contribution is 0.168. The normalized spacial score (nSPS) is 10.2. The highest BCUT2D eigenvalue weighted by Crippen LogP contribution is 2.15. The lowest BCUT2D eigenvalue weighted by atomic mass is 10.3. The highest BCUT2D eigenvalue weighted by atomic mass is 16.6. The first-order valence-electron chi connectivity index (χ1n) is 4.45. The number of rotatable bonds is 2. The first-order valence-corrected chi connectivity index (χ1v) is 4.45. The van der Waals surface area contributed by atoms with Crippen molar-refractivity contribution in [1.29, 1.82) is 0 Å². The fraction of sp³-hybridized carbons (Fsp3) is 0.222. The second-order valence-corrected chi connectivity index (χ2v) is 2.81. The molecule has 15 heavy (non-hydrogen) atoms. The number of hydrogen-bond donors (Lipinski definition) is 1. The van der Waals surface area contributed by atoms with Crippen molar-refractivity contribution in [2.75, 3.05) is 11.9 Å². The molecule has 1 heterocycles. The van der Waals surface area contributed by atoms with Gasteiger partial charge in [-0.1, -0.05) is 0 Å². The second kappa shape index (κ2) is 3.95. The molecule has 0 atom stereocenters. The molecular formula is C9H9N3O3. The Kier molecular flexibility index (Phi) is 2.49. The minimum atomic E-state index is -0.492. The zero-order valence-corrected chi connectivity index (χ0v) is 8.06. The van der Waals surface area contributed by atoms with Gasteiger partial charge in [-0.05, 0) is 35.4 Å². The maximum absolute atomic E-state index is 11.1. The molecule has 78 valence electrons. The average molecular weight is 207 g/mol. The van der Waals surface area contributed by atoms with Crippen molar-refractivity contribution in [1.82, 2.24) is 10.3 Å². The van der Waals surface area contributed by atoms with Crippen LogP contribution >= 0.6 is 0 Å². The number of hydrogen-bond acceptors (Lipinski definition) is 5.